The number of rotatable bonds is 16. The molecule has 0 saturated heterocycles. The van der Waals surface area contributed by atoms with Crippen LogP contribution in [0.15, 0.2) is 27.4 Å². The maximum absolute atomic E-state index is 12.1. The highest BCUT2D eigenvalue weighted by molar-refractivity contribution is 5.77. The zero-order chi connectivity index (χ0) is 20.7. The first-order valence-corrected chi connectivity index (χ1v) is 12.1. The van der Waals surface area contributed by atoms with Crippen LogP contribution < -0.4 is 5.63 Å². The van der Waals surface area contributed by atoms with Gasteiger partial charge in [0.15, 0.2) is 5.89 Å². The minimum Gasteiger partial charge on any atom is -0.408 e. The Morgan fingerprint density at radius 1 is 0.759 bits per heavy atom. The Labute approximate surface area is 177 Å². The standard InChI is InChI=1S/C26H41NO2/c1-3-4-5-6-7-8-9-10-11-12-13-14-15-16-17-18-25-27-24-20-19-22(2)21-23(24)26(28)29-25/h19-21H,3-18H2,1-2H3. The summed E-state index contributed by atoms with van der Waals surface area (Å²) in [4.78, 5) is 16.6. The maximum Gasteiger partial charge on any atom is 0.346 e. The molecule has 162 valence electrons. The summed E-state index contributed by atoms with van der Waals surface area (Å²) in [7, 11) is 0. The van der Waals surface area contributed by atoms with Crippen molar-refractivity contribution in [1.29, 1.82) is 0 Å². The number of unbranched alkanes of at least 4 members (excludes halogenated alkanes) is 14. The molecule has 0 N–H and O–H groups in total. The Morgan fingerprint density at radius 3 is 1.83 bits per heavy atom. The lowest BCUT2D eigenvalue weighted by atomic mass is 10.0. The van der Waals surface area contributed by atoms with Gasteiger partial charge in [-0.3, -0.25) is 0 Å². The Bertz CT molecular complexity index is 750. The van der Waals surface area contributed by atoms with Crippen LogP contribution in [0.1, 0.15) is 115 Å². The highest BCUT2D eigenvalue weighted by Crippen LogP contribution is 2.15. The average molecular weight is 400 g/mol. The van der Waals surface area contributed by atoms with Crippen LogP contribution in [0.2, 0.25) is 0 Å². The van der Waals surface area contributed by atoms with Crippen molar-refractivity contribution >= 4 is 10.9 Å². The quantitative estimate of drug-likeness (QED) is 0.269. The molecule has 0 atom stereocenters. The molecule has 0 aliphatic rings. The molecule has 0 aliphatic heterocycles. The first-order chi connectivity index (χ1) is 14.2. The van der Waals surface area contributed by atoms with E-state index in [1.54, 1.807) is 0 Å². The predicted octanol–water partition coefficient (Wildman–Crippen LogP) is 7.91. The van der Waals surface area contributed by atoms with E-state index in [4.69, 9.17) is 4.42 Å². The number of hydrogen-bond donors (Lipinski definition) is 0. The Kier molecular flexibility index (Phi) is 11.7. The Balaban J connectivity index is 1.46. The lowest BCUT2D eigenvalue weighted by Crippen LogP contribution is -2.05. The molecule has 1 aromatic heterocycles. The zero-order valence-corrected chi connectivity index (χ0v) is 18.8. The molecular formula is C26H41NO2. The van der Waals surface area contributed by atoms with E-state index in [9.17, 15) is 4.79 Å². The van der Waals surface area contributed by atoms with Crippen molar-refractivity contribution in [2.24, 2.45) is 0 Å². The molecule has 0 radical (unpaired) electrons. The molecule has 0 unspecified atom stereocenters. The van der Waals surface area contributed by atoms with Gasteiger partial charge in [-0.25, -0.2) is 9.78 Å². The topological polar surface area (TPSA) is 43.1 Å². The molecule has 0 saturated carbocycles. The third kappa shape index (κ3) is 9.60. The van der Waals surface area contributed by atoms with E-state index in [0.717, 1.165) is 23.9 Å². The van der Waals surface area contributed by atoms with Gasteiger partial charge in [-0.05, 0) is 25.5 Å². The van der Waals surface area contributed by atoms with Gasteiger partial charge in [0, 0.05) is 6.42 Å². The van der Waals surface area contributed by atoms with Crippen LogP contribution in [0.3, 0.4) is 0 Å². The monoisotopic (exact) mass is 399 g/mol. The molecule has 0 amide bonds. The normalized spacial score (nSPS) is 11.4. The molecule has 1 aromatic carbocycles. The summed E-state index contributed by atoms with van der Waals surface area (Å²) >= 11 is 0. The largest absolute Gasteiger partial charge is 0.408 e. The molecule has 2 aromatic rings. The first kappa shape index (κ1) is 23.6. The molecule has 0 fully saturated rings. The summed E-state index contributed by atoms with van der Waals surface area (Å²) in [6.45, 7) is 4.25. The molecule has 0 bridgehead atoms. The van der Waals surface area contributed by atoms with Crippen molar-refractivity contribution in [3.05, 3.63) is 40.1 Å². The van der Waals surface area contributed by atoms with Crippen molar-refractivity contribution in [2.45, 2.75) is 117 Å². The molecule has 3 heteroatoms. The second kappa shape index (κ2) is 14.4. The number of aromatic nitrogens is 1. The third-order valence-electron chi connectivity index (χ3n) is 5.82. The molecule has 0 spiro atoms. The zero-order valence-electron chi connectivity index (χ0n) is 18.8. The number of nitrogens with zero attached hydrogens (tertiary/aromatic N) is 1. The van der Waals surface area contributed by atoms with E-state index in [1.807, 2.05) is 25.1 Å². The van der Waals surface area contributed by atoms with Gasteiger partial charge >= 0.3 is 5.63 Å². The van der Waals surface area contributed by atoms with E-state index < -0.39 is 0 Å². The second-order valence-electron chi connectivity index (χ2n) is 8.62. The minimum atomic E-state index is -0.255. The molecule has 3 nitrogen and oxygen atoms in total. The number of fused-ring (bicyclic) bond motifs is 1. The van der Waals surface area contributed by atoms with E-state index >= 15 is 0 Å². The lowest BCUT2D eigenvalue weighted by molar-refractivity contribution is 0.433. The fraction of sp³-hybridized carbons (Fsp3) is 0.692. The number of aryl methyl sites for hydroxylation is 2. The molecule has 0 aliphatic carbocycles. The maximum atomic E-state index is 12.1. The smallest absolute Gasteiger partial charge is 0.346 e. The van der Waals surface area contributed by atoms with Gasteiger partial charge in [0.2, 0.25) is 0 Å². The summed E-state index contributed by atoms with van der Waals surface area (Å²) in [6.07, 6.45) is 21.1. The van der Waals surface area contributed by atoms with E-state index in [-0.39, 0.29) is 5.63 Å². The summed E-state index contributed by atoms with van der Waals surface area (Å²) in [5, 5.41) is 0.588. The molecule has 29 heavy (non-hydrogen) atoms. The molecule has 2 rings (SSSR count). The van der Waals surface area contributed by atoms with Crippen LogP contribution in [0, 0.1) is 6.92 Å². The van der Waals surface area contributed by atoms with Gasteiger partial charge in [-0.15, -0.1) is 0 Å². The summed E-state index contributed by atoms with van der Waals surface area (Å²) in [5.74, 6) is 0.584. The van der Waals surface area contributed by atoms with E-state index in [2.05, 4.69) is 11.9 Å². The van der Waals surface area contributed by atoms with Crippen LogP contribution in [0.5, 0.6) is 0 Å². The van der Waals surface area contributed by atoms with Crippen LogP contribution in [-0.4, -0.2) is 4.98 Å². The van der Waals surface area contributed by atoms with Gasteiger partial charge in [0.05, 0.1) is 10.9 Å². The lowest BCUT2D eigenvalue weighted by Gasteiger charge is -2.04. The summed E-state index contributed by atoms with van der Waals surface area (Å²) in [6, 6.07) is 5.76. The van der Waals surface area contributed by atoms with Crippen molar-refractivity contribution in [3.63, 3.8) is 0 Å². The van der Waals surface area contributed by atoms with Crippen molar-refractivity contribution in [3.8, 4) is 0 Å². The van der Waals surface area contributed by atoms with E-state index in [1.165, 1.54) is 89.9 Å². The van der Waals surface area contributed by atoms with Crippen LogP contribution in [-0.2, 0) is 6.42 Å². The summed E-state index contributed by atoms with van der Waals surface area (Å²) in [5.41, 5.74) is 1.55. The number of hydrogen-bond acceptors (Lipinski definition) is 3. The van der Waals surface area contributed by atoms with E-state index in [0.29, 0.717) is 11.3 Å². The predicted molar refractivity (Wildman–Crippen MR) is 124 cm³/mol. The van der Waals surface area contributed by atoms with Crippen LogP contribution >= 0.6 is 0 Å². The highest BCUT2D eigenvalue weighted by Gasteiger charge is 2.06. The minimum absolute atomic E-state index is 0.255. The highest BCUT2D eigenvalue weighted by atomic mass is 16.4. The molecule has 1 heterocycles. The van der Waals surface area contributed by atoms with Crippen LogP contribution in [0.25, 0.3) is 10.9 Å². The molecular weight excluding hydrogens is 358 g/mol. The average Bonchev–Trinajstić information content (AvgIpc) is 2.71. The fourth-order valence-corrected chi connectivity index (χ4v) is 3.98. The fourth-order valence-electron chi connectivity index (χ4n) is 3.98. The van der Waals surface area contributed by atoms with Crippen LogP contribution in [0.4, 0.5) is 0 Å². The van der Waals surface area contributed by atoms with Crippen molar-refractivity contribution in [1.82, 2.24) is 4.98 Å². The SMILES string of the molecule is CCCCCCCCCCCCCCCCCc1nc2ccc(C)cc2c(=O)o1. The Hall–Kier alpha value is -1.64. The van der Waals surface area contributed by atoms with Gasteiger partial charge in [0.1, 0.15) is 0 Å². The van der Waals surface area contributed by atoms with Crippen molar-refractivity contribution < 1.29 is 4.42 Å². The van der Waals surface area contributed by atoms with Gasteiger partial charge in [0.25, 0.3) is 0 Å². The third-order valence-corrected chi connectivity index (χ3v) is 5.82. The summed E-state index contributed by atoms with van der Waals surface area (Å²) < 4.78 is 5.40. The second-order valence-corrected chi connectivity index (χ2v) is 8.62. The van der Waals surface area contributed by atoms with Gasteiger partial charge in [-0.1, -0.05) is 108 Å². The Morgan fingerprint density at radius 2 is 1.28 bits per heavy atom. The van der Waals surface area contributed by atoms with Crippen molar-refractivity contribution in [2.75, 3.05) is 0 Å². The number of benzene rings is 1. The van der Waals surface area contributed by atoms with Gasteiger partial charge in [-0.2, -0.15) is 0 Å². The van der Waals surface area contributed by atoms with Gasteiger partial charge < -0.3 is 4.42 Å². The first-order valence-electron chi connectivity index (χ1n) is 12.1.